The molecule has 0 amide bonds. The van der Waals surface area contributed by atoms with E-state index >= 15 is 0 Å². The molecule has 5 rings (SSSR count). The second kappa shape index (κ2) is 8.06. The SMILES string of the molecule is CC1=C(C2CCCC2)[CH]([Zr])c2cccc(-c3ccc(C4CCCCC4)cc3)c21. The average molecular weight is 447 g/mol. The molecule has 3 aliphatic rings. The van der Waals surface area contributed by atoms with Gasteiger partial charge in [-0.2, -0.15) is 0 Å². The van der Waals surface area contributed by atoms with Crippen LogP contribution in [0.2, 0.25) is 0 Å². The van der Waals surface area contributed by atoms with E-state index in [1.54, 1.807) is 52.6 Å². The number of allylic oxidation sites excluding steroid dienone is 2. The monoisotopic (exact) mass is 445 g/mol. The zero-order chi connectivity index (χ0) is 19.1. The van der Waals surface area contributed by atoms with Crippen molar-refractivity contribution in [1.29, 1.82) is 0 Å². The molecule has 0 radical (unpaired) electrons. The molecule has 1 unspecified atom stereocenters. The molecule has 0 bridgehead atoms. The van der Waals surface area contributed by atoms with Gasteiger partial charge in [0.1, 0.15) is 0 Å². The van der Waals surface area contributed by atoms with Crippen molar-refractivity contribution in [2.45, 2.75) is 74.3 Å². The van der Waals surface area contributed by atoms with E-state index in [2.05, 4.69) is 49.4 Å². The Bertz CT molecular complexity index is 877. The first-order chi connectivity index (χ1) is 13.7. The average Bonchev–Trinajstić information content (AvgIpc) is 3.36. The molecule has 2 saturated carbocycles. The van der Waals surface area contributed by atoms with Gasteiger partial charge in [0.2, 0.25) is 0 Å². The molecule has 0 aliphatic heterocycles. The summed E-state index contributed by atoms with van der Waals surface area (Å²) >= 11 is 1.66. The fraction of sp³-hybridized carbons (Fsp3) is 0.481. The van der Waals surface area contributed by atoms with Crippen molar-refractivity contribution >= 4 is 5.57 Å². The van der Waals surface area contributed by atoms with E-state index in [1.807, 2.05) is 0 Å². The van der Waals surface area contributed by atoms with Crippen molar-refractivity contribution in [2.24, 2.45) is 5.92 Å². The summed E-state index contributed by atoms with van der Waals surface area (Å²) in [6.45, 7) is 2.41. The van der Waals surface area contributed by atoms with Crippen molar-refractivity contribution in [3.05, 3.63) is 64.7 Å². The van der Waals surface area contributed by atoms with Crippen molar-refractivity contribution in [2.75, 3.05) is 0 Å². The third-order valence-electron chi connectivity index (χ3n) is 7.62. The van der Waals surface area contributed by atoms with Crippen LogP contribution in [0.5, 0.6) is 0 Å². The van der Waals surface area contributed by atoms with Crippen LogP contribution in [0, 0.1) is 5.92 Å². The summed E-state index contributed by atoms with van der Waals surface area (Å²) in [7, 11) is 0. The van der Waals surface area contributed by atoms with Gasteiger partial charge >= 0.3 is 186 Å². The van der Waals surface area contributed by atoms with Gasteiger partial charge in [0.25, 0.3) is 0 Å². The number of benzene rings is 2. The summed E-state index contributed by atoms with van der Waals surface area (Å²) in [5.74, 6) is 1.64. The summed E-state index contributed by atoms with van der Waals surface area (Å²) in [6, 6.07) is 16.7. The van der Waals surface area contributed by atoms with Crippen molar-refractivity contribution in [3.63, 3.8) is 0 Å². The van der Waals surface area contributed by atoms with E-state index in [0.717, 1.165) is 11.8 Å². The maximum atomic E-state index is 2.42. The Labute approximate surface area is 185 Å². The topological polar surface area (TPSA) is 0 Å². The molecule has 3 aliphatic carbocycles. The predicted molar refractivity (Wildman–Crippen MR) is 115 cm³/mol. The molecule has 0 saturated heterocycles. The zero-order valence-electron chi connectivity index (χ0n) is 17.1. The van der Waals surface area contributed by atoms with E-state index in [4.69, 9.17) is 0 Å². The molecule has 0 spiro atoms. The first kappa shape index (κ1) is 19.1. The summed E-state index contributed by atoms with van der Waals surface area (Å²) in [5.41, 5.74) is 11.0. The van der Waals surface area contributed by atoms with Gasteiger partial charge in [-0.3, -0.25) is 0 Å². The van der Waals surface area contributed by atoms with Crippen LogP contribution < -0.4 is 0 Å². The van der Waals surface area contributed by atoms with Gasteiger partial charge < -0.3 is 0 Å². The quantitative estimate of drug-likeness (QED) is 0.448. The molecular formula is C27H31Zr. The first-order valence-electron chi connectivity index (χ1n) is 11.4. The van der Waals surface area contributed by atoms with E-state index in [1.165, 1.54) is 68.9 Å². The molecule has 0 heterocycles. The van der Waals surface area contributed by atoms with Gasteiger partial charge in [0.15, 0.2) is 0 Å². The molecule has 0 nitrogen and oxygen atoms in total. The third kappa shape index (κ3) is 3.33. The van der Waals surface area contributed by atoms with Gasteiger partial charge in [-0.25, -0.2) is 0 Å². The fourth-order valence-electron chi connectivity index (χ4n) is 6.15. The molecule has 28 heavy (non-hydrogen) atoms. The van der Waals surface area contributed by atoms with Crippen LogP contribution in [0.1, 0.15) is 90.9 Å². The van der Waals surface area contributed by atoms with Crippen LogP contribution in [0.3, 0.4) is 0 Å². The summed E-state index contributed by atoms with van der Waals surface area (Å²) in [6.07, 6.45) is 12.7. The molecule has 2 aromatic carbocycles. The normalized spacial score (nSPS) is 23.4. The Morgan fingerprint density at radius 2 is 1.39 bits per heavy atom. The van der Waals surface area contributed by atoms with Crippen LogP contribution in [0.4, 0.5) is 0 Å². The minimum atomic E-state index is 0.687. The number of rotatable bonds is 3. The van der Waals surface area contributed by atoms with Crippen molar-refractivity contribution in [3.8, 4) is 11.1 Å². The standard InChI is InChI=1S/C27H31.Zr/c1-19-26(22-10-5-6-11-22)18-24-12-7-13-25(27(19)24)23-16-14-21(15-17-23)20-8-3-2-4-9-20;/h7,12-18,20,22H,2-6,8-11H2,1H3;. The fourth-order valence-corrected chi connectivity index (χ4v) is 7.85. The first-order valence-corrected chi connectivity index (χ1v) is 12.8. The minimum absolute atomic E-state index is 0.687. The number of fused-ring (bicyclic) bond motifs is 1. The Morgan fingerprint density at radius 1 is 0.750 bits per heavy atom. The van der Waals surface area contributed by atoms with Crippen LogP contribution in [-0.2, 0) is 24.7 Å². The maximum absolute atomic E-state index is 2.42. The molecule has 1 atom stereocenters. The van der Waals surface area contributed by atoms with Gasteiger partial charge in [-0.05, 0) is 0 Å². The third-order valence-corrected chi connectivity index (χ3v) is 9.15. The molecular weight excluding hydrogens is 416 g/mol. The van der Waals surface area contributed by atoms with E-state index in [-0.39, 0.29) is 0 Å². The van der Waals surface area contributed by atoms with E-state index in [0.29, 0.717) is 3.63 Å². The van der Waals surface area contributed by atoms with Crippen LogP contribution >= 0.6 is 0 Å². The second-order valence-electron chi connectivity index (χ2n) is 9.22. The van der Waals surface area contributed by atoms with Gasteiger partial charge in [-0.15, -0.1) is 0 Å². The summed E-state index contributed by atoms with van der Waals surface area (Å²) in [4.78, 5) is 0. The van der Waals surface area contributed by atoms with Crippen LogP contribution in [0.25, 0.3) is 16.7 Å². The molecule has 0 N–H and O–H groups in total. The Morgan fingerprint density at radius 3 is 2.11 bits per heavy atom. The summed E-state index contributed by atoms with van der Waals surface area (Å²) < 4.78 is 0.687. The molecule has 0 aromatic heterocycles. The van der Waals surface area contributed by atoms with E-state index in [9.17, 15) is 0 Å². The Hall–Kier alpha value is -0.937. The predicted octanol–water partition coefficient (Wildman–Crippen LogP) is 7.97. The Kier molecular flexibility index (Phi) is 5.49. The van der Waals surface area contributed by atoms with Crippen molar-refractivity contribution in [1.82, 2.24) is 0 Å². The molecule has 2 aromatic rings. The van der Waals surface area contributed by atoms with Gasteiger partial charge in [0, 0.05) is 0 Å². The van der Waals surface area contributed by atoms with Crippen molar-refractivity contribution < 1.29 is 24.7 Å². The van der Waals surface area contributed by atoms with Crippen LogP contribution in [-0.4, -0.2) is 0 Å². The number of hydrogen-bond donors (Lipinski definition) is 0. The van der Waals surface area contributed by atoms with Gasteiger partial charge in [0.05, 0.1) is 0 Å². The molecule has 1 heteroatoms. The zero-order valence-corrected chi connectivity index (χ0v) is 19.6. The van der Waals surface area contributed by atoms with Gasteiger partial charge in [-0.1, -0.05) is 0 Å². The molecule has 143 valence electrons. The molecule has 2 fully saturated rings. The number of hydrogen-bond acceptors (Lipinski definition) is 0. The Balaban J connectivity index is 1.51. The van der Waals surface area contributed by atoms with E-state index < -0.39 is 0 Å². The van der Waals surface area contributed by atoms with Crippen LogP contribution in [0.15, 0.2) is 48.0 Å². The summed E-state index contributed by atoms with van der Waals surface area (Å²) in [5, 5.41) is 0. The second-order valence-corrected chi connectivity index (χ2v) is 10.6.